The molecule has 0 bridgehead atoms. The summed E-state index contributed by atoms with van der Waals surface area (Å²) < 4.78 is 7.09. The first-order valence-corrected chi connectivity index (χ1v) is 6.46. The van der Waals surface area contributed by atoms with Crippen molar-refractivity contribution in [1.29, 1.82) is 0 Å². The molecule has 20 heavy (non-hydrogen) atoms. The molecule has 6 heteroatoms. The van der Waals surface area contributed by atoms with E-state index in [-0.39, 0.29) is 12.1 Å². The minimum Gasteiger partial charge on any atom is -0.423 e. The Balaban J connectivity index is 2.14. The third-order valence-corrected chi connectivity index (χ3v) is 3.12. The van der Waals surface area contributed by atoms with Crippen LogP contribution in [0.25, 0.3) is 11.0 Å². The van der Waals surface area contributed by atoms with Crippen molar-refractivity contribution in [2.45, 2.75) is 26.8 Å². The highest BCUT2D eigenvalue weighted by molar-refractivity contribution is 5.74. The maximum Gasteiger partial charge on any atom is 0.272 e. The first-order chi connectivity index (χ1) is 9.69. The van der Waals surface area contributed by atoms with E-state index in [9.17, 15) is 4.79 Å². The molecule has 0 atom stereocenters. The number of rotatable bonds is 3. The maximum absolute atomic E-state index is 12.3. The van der Waals surface area contributed by atoms with Gasteiger partial charge in [-0.1, -0.05) is 19.1 Å². The summed E-state index contributed by atoms with van der Waals surface area (Å²) in [5, 5.41) is 7.88. The van der Waals surface area contributed by atoms with Crippen LogP contribution in [0.1, 0.15) is 24.4 Å². The number of nitrogens with zero attached hydrogens (tertiary/aromatic N) is 4. The Morgan fingerprint density at radius 2 is 1.95 bits per heavy atom. The average molecular weight is 270 g/mol. The minimum atomic E-state index is -0.139. The van der Waals surface area contributed by atoms with Gasteiger partial charge in [-0.25, -0.2) is 4.98 Å². The predicted molar refractivity (Wildman–Crippen MR) is 73.5 cm³/mol. The number of benzene rings is 1. The molecule has 2 heterocycles. The second-order valence-corrected chi connectivity index (χ2v) is 4.52. The van der Waals surface area contributed by atoms with Gasteiger partial charge in [-0.15, -0.1) is 10.2 Å². The van der Waals surface area contributed by atoms with Crippen LogP contribution in [-0.4, -0.2) is 19.7 Å². The van der Waals surface area contributed by atoms with Crippen LogP contribution in [0.3, 0.4) is 0 Å². The summed E-state index contributed by atoms with van der Waals surface area (Å²) in [5.74, 6) is 1.00. The van der Waals surface area contributed by atoms with E-state index in [1.54, 1.807) is 11.5 Å². The van der Waals surface area contributed by atoms with Gasteiger partial charge in [-0.2, -0.15) is 0 Å². The van der Waals surface area contributed by atoms with Gasteiger partial charge in [-0.3, -0.25) is 9.36 Å². The number of aromatic nitrogens is 4. The van der Waals surface area contributed by atoms with Gasteiger partial charge in [0.2, 0.25) is 11.8 Å². The van der Waals surface area contributed by atoms with E-state index in [1.165, 1.54) is 0 Å². The Morgan fingerprint density at radius 1 is 1.20 bits per heavy atom. The van der Waals surface area contributed by atoms with Crippen LogP contribution in [0.15, 0.2) is 33.5 Å². The second-order valence-electron chi connectivity index (χ2n) is 4.52. The molecule has 1 aromatic carbocycles. The molecule has 0 fully saturated rings. The smallest absolute Gasteiger partial charge is 0.272 e. The molecule has 3 aromatic rings. The van der Waals surface area contributed by atoms with Crippen LogP contribution in [0, 0.1) is 6.92 Å². The first-order valence-electron chi connectivity index (χ1n) is 6.46. The average Bonchev–Trinajstić information content (AvgIpc) is 2.91. The second kappa shape index (κ2) is 4.88. The van der Waals surface area contributed by atoms with E-state index >= 15 is 0 Å². The van der Waals surface area contributed by atoms with Crippen LogP contribution in [-0.2, 0) is 13.0 Å². The quantitative estimate of drug-likeness (QED) is 0.724. The van der Waals surface area contributed by atoms with Crippen molar-refractivity contribution in [3.05, 3.63) is 52.1 Å². The fraction of sp³-hybridized carbons (Fsp3) is 0.286. The third-order valence-electron chi connectivity index (χ3n) is 3.12. The van der Waals surface area contributed by atoms with Crippen LogP contribution in [0.2, 0.25) is 0 Å². The highest BCUT2D eigenvalue weighted by Gasteiger charge is 2.11. The zero-order valence-corrected chi connectivity index (χ0v) is 11.3. The summed E-state index contributed by atoms with van der Waals surface area (Å²) >= 11 is 0. The third kappa shape index (κ3) is 2.09. The van der Waals surface area contributed by atoms with Crippen LogP contribution >= 0.6 is 0 Å². The summed E-state index contributed by atoms with van der Waals surface area (Å²) in [4.78, 5) is 16.6. The van der Waals surface area contributed by atoms with Crippen molar-refractivity contribution in [2.24, 2.45) is 0 Å². The lowest BCUT2D eigenvalue weighted by Crippen LogP contribution is -2.24. The van der Waals surface area contributed by atoms with Crippen molar-refractivity contribution in [1.82, 2.24) is 19.7 Å². The van der Waals surface area contributed by atoms with E-state index in [1.807, 2.05) is 31.2 Å². The molecule has 2 aromatic heterocycles. The number of hydrogen-bond donors (Lipinski definition) is 0. The molecule has 0 spiro atoms. The number of para-hydroxylation sites is 2. The van der Waals surface area contributed by atoms with Gasteiger partial charge in [0.1, 0.15) is 12.2 Å². The molecular formula is C14H14N4O2. The van der Waals surface area contributed by atoms with Crippen molar-refractivity contribution >= 4 is 11.0 Å². The Kier molecular flexibility index (Phi) is 3.06. The molecule has 0 unspecified atom stereocenters. The summed E-state index contributed by atoms with van der Waals surface area (Å²) in [6.45, 7) is 3.90. The van der Waals surface area contributed by atoms with E-state index in [0.717, 1.165) is 11.0 Å². The molecule has 0 saturated heterocycles. The number of fused-ring (bicyclic) bond motifs is 1. The molecule has 0 aliphatic rings. The monoisotopic (exact) mass is 270 g/mol. The lowest BCUT2D eigenvalue weighted by Gasteiger charge is -2.08. The fourth-order valence-corrected chi connectivity index (χ4v) is 2.11. The van der Waals surface area contributed by atoms with E-state index in [2.05, 4.69) is 15.2 Å². The van der Waals surface area contributed by atoms with Crippen molar-refractivity contribution in [3.63, 3.8) is 0 Å². The van der Waals surface area contributed by atoms with Gasteiger partial charge < -0.3 is 4.42 Å². The Labute approximate surface area is 115 Å². The van der Waals surface area contributed by atoms with Crippen LogP contribution in [0.5, 0.6) is 0 Å². The fourth-order valence-electron chi connectivity index (χ4n) is 2.11. The Hall–Kier alpha value is -2.50. The topological polar surface area (TPSA) is 73.8 Å². The first kappa shape index (κ1) is 12.5. The lowest BCUT2D eigenvalue weighted by molar-refractivity contribution is 0.442. The highest BCUT2D eigenvalue weighted by atomic mass is 16.4. The molecule has 6 nitrogen and oxygen atoms in total. The molecular weight excluding hydrogens is 256 g/mol. The molecule has 0 N–H and O–H groups in total. The molecule has 102 valence electrons. The van der Waals surface area contributed by atoms with E-state index in [4.69, 9.17) is 4.42 Å². The maximum atomic E-state index is 12.3. The molecule has 0 aliphatic carbocycles. The van der Waals surface area contributed by atoms with Crippen LogP contribution in [0.4, 0.5) is 0 Å². The summed E-state index contributed by atoms with van der Waals surface area (Å²) in [5.41, 5.74) is 1.86. The molecule has 3 rings (SSSR count). The van der Waals surface area contributed by atoms with Gasteiger partial charge in [0.25, 0.3) is 5.56 Å². The van der Waals surface area contributed by atoms with Crippen molar-refractivity contribution < 1.29 is 4.42 Å². The highest BCUT2D eigenvalue weighted by Crippen LogP contribution is 2.11. The van der Waals surface area contributed by atoms with Crippen molar-refractivity contribution in [2.75, 3.05) is 0 Å². The van der Waals surface area contributed by atoms with Gasteiger partial charge >= 0.3 is 0 Å². The summed E-state index contributed by atoms with van der Waals surface area (Å²) in [7, 11) is 0. The molecule has 0 saturated carbocycles. The van der Waals surface area contributed by atoms with Gasteiger partial charge in [0.05, 0.1) is 11.0 Å². The van der Waals surface area contributed by atoms with Gasteiger partial charge in [0, 0.05) is 6.42 Å². The lowest BCUT2D eigenvalue weighted by atomic mass is 10.3. The number of hydrogen-bond acceptors (Lipinski definition) is 5. The van der Waals surface area contributed by atoms with E-state index < -0.39 is 0 Å². The van der Waals surface area contributed by atoms with Gasteiger partial charge in [-0.05, 0) is 19.1 Å². The SMILES string of the molecule is CCc1nnc(Cn2c(=O)c(C)nc3ccccc32)o1. The van der Waals surface area contributed by atoms with Crippen molar-refractivity contribution in [3.8, 4) is 0 Å². The van der Waals surface area contributed by atoms with Crippen LogP contribution < -0.4 is 5.56 Å². The minimum absolute atomic E-state index is 0.139. The normalized spacial score (nSPS) is 11.1. The Bertz CT molecular complexity index is 819. The van der Waals surface area contributed by atoms with Gasteiger partial charge in [0.15, 0.2) is 0 Å². The zero-order chi connectivity index (χ0) is 14.1. The molecule has 0 aliphatic heterocycles. The Morgan fingerprint density at radius 3 is 2.70 bits per heavy atom. The summed E-state index contributed by atoms with van der Waals surface area (Å²) in [6.07, 6.45) is 0.679. The predicted octanol–water partition coefficient (Wildman–Crippen LogP) is 1.70. The summed E-state index contributed by atoms with van der Waals surface area (Å²) in [6, 6.07) is 7.51. The standard InChI is InChI=1S/C14H14N4O2/c1-3-12-16-17-13(20-12)8-18-11-7-5-4-6-10(11)15-9(2)14(18)19/h4-7H,3,8H2,1-2H3. The number of aryl methyl sites for hydroxylation is 2. The largest absolute Gasteiger partial charge is 0.423 e. The zero-order valence-electron chi connectivity index (χ0n) is 11.3. The molecule has 0 radical (unpaired) electrons. The van der Waals surface area contributed by atoms with E-state index in [0.29, 0.717) is 23.9 Å². The molecule has 0 amide bonds.